The minimum absolute atomic E-state index is 0.513. The summed E-state index contributed by atoms with van der Waals surface area (Å²) in [6.07, 6.45) is -2.41. The number of carbonyl (C=O) groups is 5. The Kier molecular flexibility index (Phi) is 10.8. The van der Waals surface area contributed by atoms with Gasteiger partial charge in [-0.1, -0.05) is 0 Å². The van der Waals surface area contributed by atoms with Gasteiger partial charge in [0.15, 0.2) is 18.3 Å². The highest BCUT2D eigenvalue weighted by molar-refractivity contribution is 5.78. The van der Waals surface area contributed by atoms with Crippen LogP contribution in [0.3, 0.4) is 0 Å². The number of esters is 4. The first-order valence-corrected chi connectivity index (χ1v) is 9.65. The summed E-state index contributed by atoms with van der Waals surface area (Å²) in [4.78, 5) is 82.7. The maximum absolute atomic E-state index is 12.1. The standard InChI is InChI=1S/C19H24N4O11/c1-10(24)31-9-15(33-12(3)26)18(34-13(4)27)14(32-11(2)25)7-20-22-17(29)8-23-6-5-16(28)21-19(23)30/h5-7,14-15,18H,8-9H2,1-4H3,(H,22,29)(H,21,28,30)/b20-7+/t14-,15-,18+/m0/s1. The zero-order valence-corrected chi connectivity index (χ0v) is 18.8. The van der Waals surface area contributed by atoms with E-state index in [0.29, 0.717) is 0 Å². The second-order valence-corrected chi connectivity index (χ2v) is 6.65. The fraction of sp³-hybridized carbons (Fsp3) is 0.474. The fourth-order valence-electron chi connectivity index (χ4n) is 2.47. The predicted molar refractivity (Wildman–Crippen MR) is 111 cm³/mol. The highest BCUT2D eigenvalue weighted by Crippen LogP contribution is 2.14. The Bertz CT molecular complexity index is 1060. The number of nitrogens with one attached hydrogen (secondary N) is 2. The lowest BCUT2D eigenvalue weighted by atomic mass is 10.1. The molecule has 0 saturated carbocycles. The molecule has 0 radical (unpaired) electrons. The molecule has 0 spiro atoms. The summed E-state index contributed by atoms with van der Waals surface area (Å²) >= 11 is 0. The van der Waals surface area contributed by atoms with Gasteiger partial charge in [0.2, 0.25) is 0 Å². The molecule has 15 heteroatoms. The van der Waals surface area contributed by atoms with E-state index in [-0.39, 0.29) is 0 Å². The molecule has 3 atom stereocenters. The Hall–Kier alpha value is -4.30. The van der Waals surface area contributed by atoms with E-state index in [0.717, 1.165) is 50.7 Å². The molecule has 0 saturated heterocycles. The molecule has 15 nitrogen and oxygen atoms in total. The Balaban J connectivity index is 3.10. The number of hydrogen-bond acceptors (Lipinski definition) is 12. The normalized spacial score (nSPS) is 13.3. The van der Waals surface area contributed by atoms with Gasteiger partial charge in [0.05, 0.1) is 6.21 Å². The average Bonchev–Trinajstić information content (AvgIpc) is 2.70. The van der Waals surface area contributed by atoms with E-state index in [9.17, 15) is 33.6 Å². The van der Waals surface area contributed by atoms with Crippen molar-refractivity contribution in [1.82, 2.24) is 15.0 Å². The van der Waals surface area contributed by atoms with E-state index < -0.39 is 72.5 Å². The van der Waals surface area contributed by atoms with E-state index in [1.54, 1.807) is 0 Å². The smallest absolute Gasteiger partial charge is 0.328 e. The highest BCUT2D eigenvalue weighted by atomic mass is 16.6. The topological polar surface area (TPSA) is 202 Å². The molecule has 0 fully saturated rings. The van der Waals surface area contributed by atoms with E-state index in [1.165, 1.54) is 0 Å². The Morgan fingerprint density at radius 2 is 1.62 bits per heavy atom. The van der Waals surface area contributed by atoms with Crippen molar-refractivity contribution in [2.75, 3.05) is 6.61 Å². The van der Waals surface area contributed by atoms with Gasteiger partial charge in [0.1, 0.15) is 13.2 Å². The van der Waals surface area contributed by atoms with Crippen LogP contribution in [0.5, 0.6) is 0 Å². The van der Waals surface area contributed by atoms with Crippen LogP contribution in [0.1, 0.15) is 27.7 Å². The van der Waals surface area contributed by atoms with Crippen LogP contribution < -0.4 is 16.7 Å². The average molecular weight is 484 g/mol. The van der Waals surface area contributed by atoms with Crippen molar-refractivity contribution in [2.45, 2.75) is 52.6 Å². The van der Waals surface area contributed by atoms with E-state index in [1.807, 2.05) is 4.98 Å². The van der Waals surface area contributed by atoms with Gasteiger partial charge in [-0.3, -0.25) is 38.3 Å². The summed E-state index contributed by atoms with van der Waals surface area (Å²) in [6, 6.07) is 1.04. The number of hydrogen-bond donors (Lipinski definition) is 2. The van der Waals surface area contributed by atoms with Crippen molar-refractivity contribution in [2.24, 2.45) is 5.10 Å². The molecule has 0 aromatic carbocycles. The number of hydrazone groups is 1. The summed E-state index contributed by atoms with van der Waals surface area (Å²) < 4.78 is 21.0. The lowest BCUT2D eigenvalue weighted by Crippen LogP contribution is -2.48. The minimum atomic E-state index is -1.51. The Labute approximate surface area is 192 Å². The lowest BCUT2D eigenvalue weighted by Gasteiger charge is -2.29. The van der Waals surface area contributed by atoms with Crippen molar-refractivity contribution in [3.05, 3.63) is 33.1 Å². The molecular formula is C19H24N4O11. The number of amides is 1. The van der Waals surface area contributed by atoms with Crippen LogP contribution in [0.15, 0.2) is 27.0 Å². The van der Waals surface area contributed by atoms with Gasteiger partial charge in [-0.25, -0.2) is 10.2 Å². The molecule has 1 aromatic rings. The minimum Gasteiger partial charge on any atom is -0.462 e. The van der Waals surface area contributed by atoms with E-state index in [4.69, 9.17) is 18.9 Å². The van der Waals surface area contributed by atoms with Crippen LogP contribution in [-0.4, -0.2) is 70.5 Å². The van der Waals surface area contributed by atoms with Gasteiger partial charge in [0.25, 0.3) is 11.5 Å². The molecule has 186 valence electrons. The largest absolute Gasteiger partial charge is 0.462 e. The summed E-state index contributed by atoms with van der Waals surface area (Å²) in [5.74, 6) is -4.02. The number of aromatic nitrogens is 2. The molecule has 0 aliphatic heterocycles. The number of H-pyrrole nitrogens is 1. The second kappa shape index (κ2) is 13.3. The van der Waals surface area contributed by atoms with Crippen LogP contribution in [0, 0.1) is 0 Å². The van der Waals surface area contributed by atoms with Crippen LogP contribution in [-0.2, 0) is 49.5 Å². The van der Waals surface area contributed by atoms with Crippen LogP contribution in [0.2, 0.25) is 0 Å². The third kappa shape index (κ3) is 10.3. The monoisotopic (exact) mass is 484 g/mol. The highest BCUT2D eigenvalue weighted by Gasteiger charge is 2.37. The summed E-state index contributed by atoms with van der Waals surface area (Å²) in [5.41, 5.74) is 0.602. The molecule has 1 amide bonds. The van der Waals surface area contributed by atoms with Crippen LogP contribution in [0.4, 0.5) is 0 Å². The molecule has 0 aliphatic rings. The van der Waals surface area contributed by atoms with Crippen LogP contribution in [0.25, 0.3) is 0 Å². The first-order valence-electron chi connectivity index (χ1n) is 9.65. The van der Waals surface area contributed by atoms with Gasteiger partial charge in [-0.2, -0.15) is 5.10 Å². The lowest BCUT2D eigenvalue weighted by molar-refractivity contribution is -0.183. The van der Waals surface area contributed by atoms with Crippen molar-refractivity contribution < 1.29 is 42.9 Å². The molecular weight excluding hydrogens is 460 g/mol. The van der Waals surface area contributed by atoms with Gasteiger partial charge in [0, 0.05) is 40.0 Å². The van der Waals surface area contributed by atoms with Gasteiger partial charge < -0.3 is 18.9 Å². The predicted octanol–water partition coefficient (Wildman–Crippen LogP) is -2.00. The number of nitrogens with zero attached hydrogens (tertiary/aromatic N) is 2. The Morgan fingerprint density at radius 3 is 2.15 bits per heavy atom. The molecule has 1 rings (SSSR count). The first kappa shape index (κ1) is 27.7. The summed E-state index contributed by atoms with van der Waals surface area (Å²) in [5, 5.41) is 3.62. The van der Waals surface area contributed by atoms with E-state index in [2.05, 4.69) is 10.5 Å². The number of aromatic amines is 1. The maximum atomic E-state index is 12.1. The van der Waals surface area contributed by atoms with Crippen molar-refractivity contribution in [3.8, 4) is 0 Å². The SMILES string of the molecule is CC(=O)OC[C@H](OC(C)=O)[C@H](OC(C)=O)[C@H](/C=N/NC(=O)Cn1ccc(=O)[nH]c1=O)OC(C)=O. The summed E-state index contributed by atoms with van der Waals surface area (Å²) in [7, 11) is 0. The molecule has 0 aliphatic carbocycles. The molecule has 34 heavy (non-hydrogen) atoms. The number of rotatable bonds is 11. The van der Waals surface area contributed by atoms with E-state index >= 15 is 0 Å². The number of ether oxygens (including phenoxy) is 4. The van der Waals surface area contributed by atoms with Crippen molar-refractivity contribution in [3.63, 3.8) is 0 Å². The van der Waals surface area contributed by atoms with Gasteiger partial charge in [-0.15, -0.1) is 0 Å². The van der Waals surface area contributed by atoms with Crippen LogP contribution >= 0.6 is 0 Å². The first-order chi connectivity index (χ1) is 15.9. The molecule has 1 heterocycles. The quantitative estimate of drug-likeness (QED) is 0.152. The zero-order chi connectivity index (χ0) is 25.8. The molecule has 0 bridgehead atoms. The number of carbonyl (C=O) groups excluding carboxylic acids is 5. The van der Waals surface area contributed by atoms with Gasteiger partial charge in [-0.05, 0) is 0 Å². The van der Waals surface area contributed by atoms with Crippen molar-refractivity contribution >= 4 is 36.0 Å². The van der Waals surface area contributed by atoms with Gasteiger partial charge >= 0.3 is 29.6 Å². The molecule has 1 aromatic heterocycles. The third-order valence-electron chi connectivity index (χ3n) is 3.68. The summed E-state index contributed by atoms with van der Waals surface area (Å²) in [6.45, 7) is 3.18. The second-order valence-electron chi connectivity index (χ2n) is 6.65. The van der Waals surface area contributed by atoms with Crippen molar-refractivity contribution in [1.29, 1.82) is 0 Å². The third-order valence-corrected chi connectivity index (χ3v) is 3.68. The Morgan fingerprint density at radius 1 is 1.00 bits per heavy atom. The molecule has 0 unspecified atom stereocenters. The maximum Gasteiger partial charge on any atom is 0.328 e. The fourth-order valence-corrected chi connectivity index (χ4v) is 2.47. The zero-order valence-electron chi connectivity index (χ0n) is 18.8. The molecule has 2 N–H and O–H groups in total.